The predicted octanol–water partition coefficient (Wildman–Crippen LogP) is 3.57. The van der Waals surface area contributed by atoms with E-state index in [0.29, 0.717) is 12.3 Å². The molecule has 0 spiro atoms. The third kappa shape index (κ3) is 3.01. The van der Waals surface area contributed by atoms with Crippen LogP contribution in [0.1, 0.15) is 29.5 Å². The number of aromatic nitrogens is 2. The van der Waals surface area contributed by atoms with E-state index in [2.05, 4.69) is 4.98 Å². The summed E-state index contributed by atoms with van der Waals surface area (Å²) in [6, 6.07) is 12.1. The van der Waals surface area contributed by atoms with Crippen molar-refractivity contribution < 1.29 is 4.79 Å². The van der Waals surface area contributed by atoms with E-state index >= 15 is 0 Å². The average molecular weight is 325 g/mol. The number of H-pyrrole nitrogens is 1. The van der Waals surface area contributed by atoms with Crippen LogP contribution in [0.15, 0.2) is 41.8 Å². The van der Waals surface area contributed by atoms with Crippen molar-refractivity contribution in [1.29, 1.82) is 0 Å². The second-order valence-corrected chi connectivity index (χ2v) is 7.11. The van der Waals surface area contributed by atoms with E-state index < -0.39 is 0 Å². The van der Waals surface area contributed by atoms with Crippen molar-refractivity contribution in [2.45, 2.75) is 25.2 Å². The standard InChI is InChI=1S/C18H19N3OS/c22-17(11-14-6-4-10-23-14)21-9-3-5-13(12-21)18-19-15-7-1-2-8-16(15)20-18/h1-2,4,6-8,10,13H,3,5,9,11-12H2,(H,19,20)/t13-/m0/s1. The van der Waals surface area contributed by atoms with Crippen LogP contribution in [0.4, 0.5) is 0 Å². The Balaban J connectivity index is 1.49. The number of aromatic amines is 1. The van der Waals surface area contributed by atoms with Crippen LogP contribution < -0.4 is 0 Å². The van der Waals surface area contributed by atoms with Crippen LogP contribution in [-0.2, 0) is 11.2 Å². The number of piperidine rings is 1. The minimum absolute atomic E-state index is 0.230. The summed E-state index contributed by atoms with van der Waals surface area (Å²) in [5, 5.41) is 2.02. The molecule has 0 aliphatic carbocycles. The Morgan fingerprint density at radius 2 is 2.22 bits per heavy atom. The van der Waals surface area contributed by atoms with Gasteiger partial charge in [0, 0.05) is 23.9 Å². The Kier molecular flexibility index (Phi) is 3.87. The van der Waals surface area contributed by atoms with Crippen LogP contribution >= 0.6 is 11.3 Å². The summed E-state index contributed by atoms with van der Waals surface area (Å²) >= 11 is 1.65. The number of hydrogen-bond acceptors (Lipinski definition) is 3. The zero-order valence-electron chi connectivity index (χ0n) is 12.9. The van der Waals surface area contributed by atoms with Gasteiger partial charge in [-0.15, -0.1) is 11.3 Å². The fraction of sp³-hybridized carbons (Fsp3) is 0.333. The molecule has 3 aromatic rings. The molecule has 1 atom stereocenters. The number of thiophene rings is 1. The highest BCUT2D eigenvalue weighted by Crippen LogP contribution is 2.27. The molecule has 1 aliphatic heterocycles. The summed E-state index contributed by atoms with van der Waals surface area (Å²) in [4.78, 5) is 23.8. The second kappa shape index (κ2) is 6.16. The number of fused-ring (bicyclic) bond motifs is 1. The van der Waals surface area contributed by atoms with Gasteiger partial charge in [0.25, 0.3) is 0 Å². The van der Waals surface area contributed by atoms with E-state index in [1.807, 2.05) is 46.7 Å². The number of amides is 1. The maximum atomic E-state index is 12.5. The number of hydrogen-bond donors (Lipinski definition) is 1. The highest BCUT2D eigenvalue weighted by atomic mass is 32.1. The number of rotatable bonds is 3. The normalized spacial score (nSPS) is 18.4. The lowest BCUT2D eigenvalue weighted by Gasteiger charge is -2.31. The van der Waals surface area contributed by atoms with E-state index in [0.717, 1.165) is 47.7 Å². The molecule has 5 heteroatoms. The molecular weight excluding hydrogens is 306 g/mol. The van der Waals surface area contributed by atoms with Crippen molar-refractivity contribution in [3.05, 3.63) is 52.5 Å². The van der Waals surface area contributed by atoms with Gasteiger partial charge in [-0.05, 0) is 36.4 Å². The van der Waals surface area contributed by atoms with Gasteiger partial charge < -0.3 is 9.88 Å². The molecule has 1 N–H and O–H groups in total. The van der Waals surface area contributed by atoms with Gasteiger partial charge in [0.1, 0.15) is 5.82 Å². The molecule has 0 saturated carbocycles. The smallest absolute Gasteiger partial charge is 0.227 e. The molecule has 1 fully saturated rings. The van der Waals surface area contributed by atoms with E-state index in [1.54, 1.807) is 11.3 Å². The molecule has 3 heterocycles. The van der Waals surface area contributed by atoms with Crippen molar-refractivity contribution >= 4 is 28.3 Å². The van der Waals surface area contributed by atoms with Gasteiger partial charge in [0.05, 0.1) is 17.5 Å². The Labute approximate surface area is 139 Å². The van der Waals surface area contributed by atoms with Gasteiger partial charge in [-0.25, -0.2) is 4.98 Å². The zero-order valence-corrected chi connectivity index (χ0v) is 13.7. The van der Waals surface area contributed by atoms with E-state index in [4.69, 9.17) is 4.98 Å². The summed E-state index contributed by atoms with van der Waals surface area (Å²) in [5.41, 5.74) is 2.08. The Hall–Kier alpha value is -2.14. The van der Waals surface area contributed by atoms with Crippen LogP contribution in [0.2, 0.25) is 0 Å². The maximum Gasteiger partial charge on any atom is 0.227 e. The van der Waals surface area contributed by atoms with Crippen molar-refractivity contribution in [3.8, 4) is 0 Å². The fourth-order valence-electron chi connectivity index (χ4n) is 3.27. The van der Waals surface area contributed by atoms with Crippen LogP contribution in [0.25, 0.3) is 11.0 Å². The molecule has 0 bridgehead atoms. The number of para-hydroxylation sites is 2. The molecule has 1 aliphatic rings. The van der Waals surface area contributed by atoms with Crippen LogP contribution in [0, 0.1) is 0 Å². The molecule has 23 heavy (non-hydrogen) atoms. The monoisotopic (exact) mass is 325 g/mol. The lowest BCUT2D eigenvalue weighted by atomic mass is 9.97. The minimum atomic E-state index is 0.230. The first-order chi connectivity index (χ1) is 11.3. The van der Waals surface area contributed by atoms with Crippen LogP contribution in [0.5, 0.6) is 0 Å². The SMILES string of the molecule is O=C(Cc1cccs1)N1CCC[C@H](c2nc3ccccc3[nH]2)C1. The lowest BCUT2D eigenvalue weighted by molar-refractivity contribution is -0.131. The summed E-state index contributed by atoms with van der Waals surface area (Å²) in [7, 11) is 0. The van der Waals surface area contributed by atoms with Gasteiger partial charge in [-0.2, -0.15) is 0 Å². The van der Waals surface area contributed by atoms with Crippen molar-refractivity contribution in [2.75, 3.05) is 13.1 Å². The lowest BCUT2D eigenvalue weighted by Crippen LogP contribution is -2.40. The summed E-state index contributed by atoms with van der Waals surface area (Å²) in [6.45, 7) is 1.63. The highest BCUT2D eigenvalue weighted by molar-refractivity contribution is 7.10. The Bertz CT molecular complexity index is 776. The van der Waals surface area contributed by atoms with Gasteiger partial charge in [-0.1, -0.05) is 18.2 Å². The topological polar surface area (TPSA) is 49.0 Å². The number of nitrogens with one attached hydrogen (secondary N) is 1. The summed E-state index contributed by atoms with van der Waals surface area (Å²) < 4.78 is 0. The van der Waals surface area contributed by atoms with Gasteiger partial charge in [-0.3, -0.25) is 4.79 Å². The number of nitrogens with zero attached hydrogens (tertiary/aromatic N) is 2. The molecular formula is C18H19N3OS. The third-order valence-electron chi connectivity index (χ3n) is 4.47. The molecule has 0 unspecified atom stereocenters. The van der Waals surface area contributed by atoms with E-state index in [-0.39, 0.29) is 5.91 Å². The molecule has 2 aromatic heterocycles. The van der Waals surface area contributed by atoms with Gasteiger partial charge in [0.15, 0.2) is 0 Å². The first-order valence-electron chi connectivity index (χ1n) is 8.04. The van der Waals surface area contributed by atoms with Crippen molar-refractivity contribution in [3.63, 3.8) is 0 Å². The molecule has 0 radical (unpaired) electrons. The number of benzene rings is 1. The van der Waals surface area contributed by atoms with E-state index in [9.17, 15) is 4.79 Å². The summed E-state index contributed by atoms with van der Waals surface area (Å²) in [6.07, 6.45) is 2.64. The Morgan fingerprint density at radius 3 is 3.04 bits per heavy atom. The summed E-state index contributed by atoms with van der Waals surface area (Å²) in [5.74, 6) is 1.55. The number of imidazole rings is 1. The third-order valence-corrected chi connectivity index (χ3v) is 5.35. The molecule has 4 rings (SSSR count). The van der Waals surface area contributed by atoms with Crippen LogP contribution in [-0.4, -0.2) is 33.9 Å². The molecule has 118 valence electrons. The Morgan fingerprint density at radius 1 is 1.30 bits per heavy atom. The maximum absolute atomic E-state index is 12.5. The van der Waals surface area contributed by atoms with Crippen molar-refractivity contribution in [2.24, 2.45) is 0 Å². The number of carbonyl (C=O) groups is 1. The number of likely N-dealkylation sites (tertiary alicyclic amines) is 1. The highest BCUT2D eigenvalue weighted by Gasteiger charge is 2.26. The first-order valence-corrected chi connectivity index (χ1v) is 8.92. The molecule has 4 nitrogen and oxygen atoms in total. The molecule has 1 amide bonds. The fourth-order valence-corrected chi connectivity index (χ4v) is 3.96. The van der Waals surface area contributed by atoms with Gasteiger partial charge in [0.2, 0.25) is 5.91 Å². The molecule has 1 aromatic carbocycles. The molecule has 1 saturated heterocycles. The van der Waals surface area contributed by atoms with Crippen molar-refractivity contribution in [1.82, 2.24) is 14.9 Å². The first kappa shape index (κ1) is 14.5. The minimum Gasteiger partial charge on any atom is -0.342 e. The van der Waals surface area contributed by atoms with Gasteiger partial charge >= 0.3 is 0 Å². The number of carbonyl (C=O) groups excluding carboxylic acids is 1. The quantitative estimate of drug-likeness (QED) is 0.800. The van der Waals surface area contributed by atoms with E-state index in [1.165, 1.54) is 0 Å². The average Bonchev–Trinajstić information content (AvgIpc) is 3.24. The predicted molar refractivity (Wildman–Crippen MR) is 92.7 cm³/mol. The largest absolute Gasteiger partial charge is 0.342 e. The van der Waals surface area contributed by atoms with Crippen LogP contribution in [0.3, 0.4) is 0 Å². The zero-order chi connectivity index (χ0) is 15.6. The second-order valence-electron chi connectivity index (χ2n) is 6.07.